The van der Waals surface area contributed by atoms with Gasteiger partial charge in [-0.15, -0.1) is 0 Å². The molecule has 1 aromatic carbocycles. The summed E-state index contributed by atoms with van der Waals surface area (Å²) in [6.45, 7) is 4.89. The fourth-order valence-electron chi connectivity index (χ4n) is 1.66. The SMILES string of the molecule is COCCC(C)(C)CNS(=O)(=O)c1cccc(C(N)=S)c1. The first-order valence-electron chi connectivity index (χ1n) is 6.56. The zero-order valence-electron chi connectivity index (χ0n) is 12.5. The molecule has 1 rings (SSSR count). The predicted molar refractivity (Wildman–Crippen MR) is 87.8 cm³/mol. The van der Waals surface area contributed by atoms with Crippen molar-refractivity contribution in [1.29, 1.82) is 0 Å². The molecule has 0 saturated heterocycles. The number of rotatable bonds is 8. The summed E-state index contributed by atoms with van der Waals surface area (Å²) >= 11 is 4.86. The van der Waals surface area contributed by atoms with Crippen molar-refractivity contribution in [2.75, 3.05) is 20.3 Å². The summed E-state index contributed by atoms with van der Waals surface area (Å²) in [7, 11) is -1.95. The molecule has 5 nitrogen and oxygen atoms in total. The molecule has 0 unspecified atom stereocenters. The number of ether oxygens (including phenoxy) is 1. The molecule has 0 fully saturated rings. The van der Waals surface area contributed by atoms with Crippen molar-refractivity contribution in [2.24, 2.45) is 11.1 Å². The molecule has 0 atom stereocenters. The van der Waals surface area contributed by atoms with E-state index >= 15 is 0 Å². The van der Waals surface area contributed by atoms with Crippen LogP contribution in [0, 0.1) is 5.41 Å². The lowest BCUT2D eigenvalue weighted by molar-refractivity contribution is 0.153. The highest BCUT2D eigenvalue weighted by atomic mass is 32.2. The van der Waals surface area contributed by atoms with Gasteiger partial charge in [-0.25, -0.2) is 13.1 Å². The lowest BCUT2D eigenvalue weighted by Crippen LogP contribution is -2.34. The Balaban J connectivity index is 2.82. The van der Waals surface area contributed by atoms with Crippen LogP contribution in [-0.2, 0) is 14.8 Å². The molecule has 0 heterocycles. The Morgan fingerprint density at radius 1 is 1.43 bits per heavy atom. The molecule has 7 heteroatoms. The zero-order valence-corrected chi connectivity index (χ0v) is 14.2. The first-order chi connectivity index (χ1) is 9.68. The van der Waals surface area contributed by atoms with Crippen molar-refractivity contribution < 1.29 is 13.2 Å². The van der Waals surface area contributed by atoms with Gasteiger partial charge in [-0.3, -0.25) is 0 Å². The lowest BCUT2D eigenvalue weighted by Gasteiger charge is -2.24. The molecule has 0 aliphatic rings. The Bertz CT molecular complexity index is 598. The van der Waals surface area contributed by atoms with Gasteiger partial charge in [-0.2, -0.15) is 0 Å². The van der Waals surface area contributed by atoms with Gasteiger partial charge in [0.25, 0.3) is 0 Å². The maximum atomic E-state index is 12.3. The lowest BCUT2D eigenvalue weighted by atomic mass is 9.90. The van der Waals surface area contributed by atoms with E-state index in [1.54, 1.807) is 19.2 Å². The Hall–Kier alpha value is -1.02. The minimum Gasteiger partial charge on any atom is -0.389 e. The number of benzene rings is 1. The van der Waals surface area contributed by atoms with Gasteiger partial charge in [0.2, 0.25) is 10.0 Å². The van der Waals surface area contributed by atoms with Gasteiger partial charge in [0.05, 0.1) is 4.90 Å². The quantitative estimate of drug-likeness (QED) is 0.709. The highest BCUT2D eigenvalue weighted by Gasteiger charge is 2.22. The van der Waals surface area contributed by atoms with Gasteiger partial charge >= 0.3 is 0 Å². The molecule has 0 aromatic heterocycles. The standard InChI is InChI=1S/C14H22N2O3S2/c1-14(2,7-8-19-3)10-16-21(17,18)12-6-4-5-11(9-12)13(15)20/h4-6,9,16H,7-8,10H2,1-3H3,(H2,15,20). The van der Waals surface area contributed by atoms with Crippen molar-refractivity contribution in [3.63, 3.8) is 0 Å². The first kappa shape index (κ1) is 18.0. The molecule has 0 radical (unpaired) electrons. The fraction of sp³-hybridized carbons (Fsp3) is 0.500. The third-order valence-electron chi connectivity index (χ3n) is 3.15. The van der Waals surface area contributed by atoms with Gasteiger partial charge in [0.15, 0.2) is 0 Å². The average molecular weight is 330 g/mol. The van der Waals surface area contributed by atoms with Crippen LogP contribution in [0.1, 0.15) is 25.8 Å². The van der Waals surface area contributed by atoms with E-state index in [2.05, 4.69) is 4.72 Å². The monoisotopic (exact) mass is 330 g/mol. The van der Waals surface area contributed by atoms with E-state index in [-0.39, 0.29) is 15.3 Å². The molecule has 0 amide bonds. The van der Waals surface area contributed by atoms with Crippen LogP contribution in [0.25, 0.3) is 0 Å². The summed E-state index contributed by atoms with van der Waals surface area (Å²) in [5.41, 5.74) is 5.87. The topological polar surface area (TPSA) is 81.4 Å². The van der Waals surface area contributed by atoms with Crippen LogP contribution in [-0.4, -0.2) is 33.7 Å². The summed E-state index contributed by atoms with van der Waals surface area (Å²) in [6.07, 6.45) is 0.763. The van der Waals surface area contributed by atoms with Crippen molar-refractivity contribution in [3.8, 4) is 0 Å². The molecule has 0 saturated carbocycles. The number of hydrogen-bond acceptors (Lipinski definition) is 4. The third kappa shape index (κ3) is 5.70. The molecule has 21 heavy (non-hydrogen) atoms. The minimum absolute atomic E-state index is 0.162. The van der Waals surface area contributed by atoms with Crippen molar-refractivity contribution in [3.05, 3.63) is 29.8 Å². The molecule has 0 spiro atoms. The van der Waals surface area contributed by atoms with Crippen LogP contribution in [0.5, 0.6) is 0 Å². The summed E-state index contributed by atoms with van der Waals surface area (Å²) < 4.78 is 32.3. The van der Waals surface area contributed by atoms with Gasteiger partial charge < -0.3 is 10.5 Å². The Kier molecular flexibility index (Phi) is 6.27. The van der Waals surface area contributed by atoms with E-state index in [1.807, 2.05) is 13.8 Å². The van der Waals surface area contributed by atoms with Gasteiger partial charge in [-0.05, 0) is 24.0 Å². The second-order valence-electron chi connectivity index (χ2n) is 5.62. The van der Waals surface area contributed by atoms with Crippen LogP contribution >= 0.6 is 12.2 Å². The maximum absolute atomic E-state index is 12.3. The minimum atomic E-state index is -3.58. The van der Waals surface area contributed by atoms with Crippen LogP contribution in [0.15, 0.2) is 29.2 Å². The summed E-state index contributed by atoms with van der Waals surface area (Å²) in [5.74, 6) is 0. The van der Waals surface area contributed by atoms with E-state index in [0.29, 0.717) is 18.7 Å². The van der Waals surface area contributed by atoms with Gasteiger partial charge in [0.1, 0.15) is 4.99 Å². The fourth-order valence-corrected chi connectivity index (χ4v) is 3.07. The van der Waals surface area contributed by atoms with E-state index in [1.165, 1.54) is 12.1 Å². The molecule has 3 N–H and O–H groups in total. The Labute approximate surface area is 131 Å². The van der Waals surface area contributed by atoms with Crippen molar-refractivity contribution in [2.45, 2.75) is 25.2 Å². The number of methoxy groups -OCH3 is 1. The zero-order chi connectivity index (χ0) is 16.1. The van der Waals surface area contributed by atoms with Crippen LogP contribution in [0.2, 0.25) is 0 Å². The molecular formula is C14H22N2O3S2. The Morgan fingerprint density at radius 2 is 2.10 bits per heavy atom. The van der Waals surface area contributed by atoms with Crippen LogP contribution in [0.4, 0.5) is 0 Å². The average Bonchev–Trinajstić information content (AvgIpc) is 2.43. The molecule has 0 aliphatic heterocycles. The van der Waals surface area contributed by atoms with Crippen LogP contribution in [0.3, 0.4) is 0 Å². The van der Waals surface area contributed by atoms with Crippen molar-refractivity contribution in [1.82, 2.24) is 4.72 Å². The summed E-state index contributed by atoms with van der Waals surface area (Å²) in [6, 6.07) is 6.31. The van der Waals surface area contributed by atoms with Crippen molar-refractivity contribution >= 4 is 27.2 Å². The summed E-state index contributed by atoms with van der Waals surface area (Å²) in [4.78, 5) is 0.336. The molecule has 0 bridgehead atoms. The maximum Gasteiger partial charge on any atom is 0.240 e. The number of thiocarbonyl (C=S) groups is 1. The number of hydrogen-bond donors (Lipinski definition) is 2. The van der Waals surface area contributed by atoms with E-state index in [9.17, 15) is 8.42 Å². The van der Waals surface area contributed by atoms with Gasteiger partial charge in [-0.1, -0.05) is 38.2 Å². The van der Waals surface area contributed by atoms with E-state index in [0.717, 1.165) is 6.42 Å². The molecule has 118 valence electrons. The molecular weight excluding hydrogens is 308 g/mol. The summed E-state index contributed by atoms with van der Waals surface area (Å²) in [5, 5.41) is 0. The van der Waals surface area contributed by atoms with Crippen LogP contribution < -0.4 is 10.5 Å². The molecule has 0 aliphatic carbocycles. The smallest absolute Gasteiger partial charge is 0.240 e. The predicted octanol–water partition coefficient (Wildman–Crippen LogP) is 1.66. The Morgan fingerprint density at radius 3 is 2.67 bits per heavy atom. The largest absolute Gasteiger partial charge is 0.389 e. The highest BCUT2D eigenvalue weighted by Crippen LogP contribution is 2.20. The first-order valence-corrected chi connectivity index (χ1v) is 8.45. The highest BCUT2D eigenvalue weighted by molar-refractivity contribution is 7.89. The van der Waals surface area contributed by atoms with Gasteiger partial charge in [0, 0.05) is 25.8 Å². The van der Waals surface area contributed by atoms with E-state index in [4.69, 9.17) is 22.7 Å². The number of nitrogens with one attached hydrogen (secondary N) is 1. The number of nitrogens with two attached hydrogens (primary N) is 1. The van der Waals surface area contributed by atoms with E-state index < -0.39 is 10.0 Å². The second kappa shape index (κ2) is 7.31. The third-order valence-corrected chi connectivity index (χ3v) is 4.79. The number of sulfonamides is 1. The normalized spacial score (nSPS) is 12.3. The second-order valence-corrected chi connectivity index (χ2v) is 7.83. The molecule has 1 aromatic rings.